The van der Waals surface area contributed by atoms with E-state index in [1.165, 1.54) is 12.1 Å². The van der Waals surface area contributed by atoms with Crippen molar-refractivity contribution in [3.63, 3.8) is 0 Å². The Morgan fingerprint density at radius 3 is 2.82 bits per heavy atom. The summed E-state index contributed by atoms with van der Waals surface area (Å²) in [4.78, 5) is 0. The molecule has 0 fully saturated rings. The van der Waals surface area contributed by atoms with Gasteiger partial charge in [0.05, 0.1) is 6.10 Å². The Kier molecular flexibility index (Phi) is 3.53. The Balaban J connectivity index is 2.28. The van der Waals surface area contributed by atoms with E-state index in [-0.39, 0.29) is 5.75 Å². The van der Waals surface area contributed by atoms with Crippen molar-refractivity contribution in [2.45, 2.75) is 24.6 Å². The second-order valence-corrected chi connectivity index (χ2v) is 4.87. The number of ether oxygens (including phenoxy) is 1. The maximum Gasteiger partial charge on any atom is 0.573 e. The summed E-state index contributed by atoms with van der Waals surface area (Å²) in [6.45, 7) is 0. The van der Waals surface area contributed by atoms with E-state index in [4.69, 9.17) is 0 Å². The third-order valence-electron chi connectivity index (χ3n) is 2.50. The van der Waals surface area contributed by atoms with Crippen molar-refractivity contribution in [2.75, 3.05) is 5.75 Å². The van der Waals surface area contributed by atoms with Gasteiger partial charge in [0.2, 0.25) is 0 Å². The average molecular weight is 264 g/mol. The zero-order chi connectivity index (χ0) is 12.5. The van der Waals surface area contributed by atoms with Gasteiger partial charge in [0.15, 0.2) is 0 Å². The molecule has 0 saturated carbocycles. The van der Waals surface area contributed by atoms with Crippen LogP contribution in [0.15, 0.2) is 18.2 Å². The van der Waals surface area contributed by atoms with E-state index >= 15 is 0 Å². The monoisotopic (exact) mass is 264 g/mol. The fourth-order valence-electron chi connectivity index (χ4n) is 1.74. The Hall–Kier alpha value is -0.880. The summed E-state index contributed by atoms with van der Waals surface area (Å²) in [6.07, 6.45) is -4.86. The molecule has 1 aliphatic rings. The van der Waals surface area contributed by atoms with Gasteiger partial charge < -0.3 is 9.84 Å². The van der Waals surface area contributed by atoms with Gasteiger partial charge in [-0.3, -0.25) is 0 Å². The lowest BCUT2D eigenvalue weighted by atomic mass is 10.0. The SMILES string of the molecule is OC1CCSCc2ccc(OC(F)(F)F)cc21. The Morgan fingerprint density at radius 2 is 2.12 bits per heavy atom. The van der Waals surface area contributed by atoms with E-state index in [0.717, 1.165) is 11.3 Å². The van der Waals surface area contributed by atoms with E-state index in [9.17, 15) is 18.3 Å². The minimum absolute atomic E-state index is 0.276. The Bertz CT molecular complexity index is 406. The molecule has 0 aromatic heterocycles. The molecule has 0 amide bonds. The number of hydrogen-bond acceptors (Lipinski definition) is 3. The molecule has 94 valence electrons. The Labute approximate surface area is 101 Å². The Morgan fingerprint density at radius 1 is 1.35 bits per heavy atom. The number of halogens is 3. The van der Waals surface area contributed by atoms with Crippen LogP contribution in [-0.4, -0.2) is 17.2 Å². The number of benzene rings is 1. The highest BCUT2D eigenvalue weighted by atomic mass is 32.2. The van der Waals surface area contributed by atoms with Gasteiger partial charge >= 0.3 is 6.36 Å². The van der Waals surface area contributed by atoms with Gasteiger partial charge in [-0.2, -0.15) is 11.8 Å². The van der Waals surface area contributed by atoms with Gasteiger partial charge in [-0.05, 0) is 35.4 Å². The molecule has 0 aliphatic carbocycles. The number of rotatable bonds is 1. The highest BCUT2D eigenvalue weighted by Gasteiger charge is 2.31. The maximum absolute atomic E-state index is 12.1. The van der Waals surface area contributed by atoms with Gasteiger partial charge in [-0.15, -0.1) is 13.2 Å². The predicted octanol–water partition coefficient (Wildman–Crippen LogP) is 3.26. The quantitative estimate of drug-likeness (QED) is 0.844. The first kappa shape index (κ1) is 12.6. The molecule has 0 bridgehead atoms. The molecule has 0 spiro atoms. The van der Waals surface area contributed by atoms with Crippen molar-refractivity contribution in [3.8, 4) is 5.75 Å². The zero-order valence-corrected chi connectivity index (χ0v) is 9.64. The minimum atomic E-state index is -4.70. The molecule has 17 heavy (non-hydrogen) atoms. The molecule has 1 aromatic carbocycles. The second kappa shape index (κ2) is 4.78. The molecule has 1 aromatic rings. The lowest BCUT2D eigenvalue weighted by Gasteiger charge is -2.14. The van der Waals surface area contributed by atoms with E-state index in [1.807, 2.05) is 0 Å². The summed E-state index contributed by atoms with van der Waals surface area (Å²) >= 11 is 1.66. The molecule has 0 saturated heterocycles. The van der Waals surface area contributed by atoms with Crippen LogP contribution < -0.4 is 4.74 Å². The average Bonchev–Trinajstić information content (AvgIpc) is 2.39. The van der Waals surface area contributed by atoms with E-state index in [2.05, 4.69) is 4.74 Å². The highest BCUT2D eigenvalue weighted by Crippen LogP contribution is 2.34. The van der Waals surface area contributed by atoms with E-state index in [1.54, 1.807) is 17.8 Å². The number of fused-ring (bicyclic) bond motifs is 1. The van der Waals surface area contributed by atoms with Crippen LogP contribution in [0.4, 0.5) is 13.2 Å². The summed E-state index contributed by atoms with van der Waals surface area (Å²) < 4.78 is 40.0. The van der Waals surface area contributed by atoms with Crippen molar-refractivity contribution in [1.29, 1.82) is 0 Å². The van der Waals surface area contributed by atoms with Crippen molar-refractivity contribution in [1.82, 2.24) is 0 Å². The third-order valence-corrected chi connectivity index (χ3v) is 3.54. The molecule has 1 N–H and O–H groups in total. The van der Waals surface area contributed by atoms with Gasteiger partial charge in [0.1, 0.15) is 5.75 Å². The van der Waals surface area contributed by atoms with E-state index < -0.39 is 12.5 Å². The summed E-state index contributed by atoms with van der Waals surface area (Å²) in [6, 6.07) is 4.14. The maximum atomic E-state index is 12.1. The smallest absolute Gasteiger partial charge is 0.406 e. The normalized spacial score (nSPS) is 20.6. The minimum Gasteiger partial charge on any atom is -0.406 e. The lowest BCUT2D eigenvalue weighted by Crippen LogP contribution is -2.17. The fourth-order valence-corrected chi connectivity index (χ4v) is 2.76. The van der Waals surface area contributed by atoms with Crippen LogP contribution in [0.25, 0.3) is 0 Å². The summed E-state index contributed by atoms with van der Waals surface area (Å²) in [5.41, 5.74) is 1.41. The second-order valence-electron chi connectivity index (χ2n) is 3.77. The van der Waals surface area contributed by atoms with Crippen LogP contribution in [0.2, 0.25) is 0 Å². The van der Waals surface area contributed by atoms with Crippen LogP contribution in [0.3, 0.4) is 0 Å². The first-order valence-corrected chi connectivity index (χ1v) is 6.25. The van der Waals surface area contributed by atoms with E-state index in [0.29, 0.717) is 17.7 Å². The summed E-state index contributed by atoms with van der Waals surface area (Å²) in [7, 11) is 0. The van der Waals surface area contributed by atoms with Crippen LogP contribution in [-0.2, 0) is 5.75 Å². The van der Waals surface area contributed by atoms with Crippen molar-refractivity contribution < 1.29 is 23.0 Å². The fraction of sp³-hybridized carbons (Fsp3) is 0.455. The first-order valence-electron chi connectivity index (χ1n) is 5.10. The highest BCUT2D eigenvalue weighted by molar-refractivity contribution is 7.98. The van der Waals surface area contributed by atoms with Gasteiger partial charge in [0, 0.05) is 5.75 Å². The number of thioether (sulfide) groups is 1. The number of alkyl halides is 3. The largest absolute Gasteiger partial charge is 0.573 e. The first-order chi connectivity index (χ1) is 7.96. The van der Waals surface area contributed by atoms with Gasteiger partial charge in [-0.25, -0.2) is 0 Å². The topological polar surface area (TPSA) is 29.5 Å². The molecule has 0 radical (unpaired) electrons. The number of hydrogen-bond donors (Lipinski definition) is 1. The van der Waals surface area contributed by atoms with Crippen molar-refractivity contribution in [2.24, 2.45) is 0 Å². The van der Waals surface area contributed by atoms with Crippen LogP contribution >= 0.6 is 11.8 Å². The molecule has 1 unspecified atom stereocenters. The number of aliphatic hydroxyl groups is 1. The van der Waals surface area contributed by atoms with Gasteiger partial charge in [-0.1, -0.05) is 6.07 Å². The van der Waals surface area contributed by atoms with Crippen molar-refractivity contribution >= 4 is 11.8 Å². The molecule has 1 atom stereocenters. The van der Waals surface area contributed by atoms with Crippen LogP contribution in [0.1, 0.15) is 23.7 Å². The third kappa shape index (κ3) is 3.29. The molecule has 1 aliphatic heterocycles. The molecular formula is C11H11F3O2S. The summed E-state index contributed by atoms with van der Waals surface area (Å²) in [5.74, 6) is 1.23. The molecule has 6 heteroatoms. The van der Waals surface area contributed by atoms with Gasteiger partial charge in [0.25, 0.3) is 0 Å². The van der Waals surface area contributed by atoms with Crippen LogP contribution in [0, 0.1) is 0 Å². The lowest BCUT2D eigenvalue weighted by molar-refractivity contribution is -0.274. The molecule has 2 rings (SSSR count). The van der Waals surface area contributed by atoms with Crippen molar-refractivity contribution in [3.05, 3.63) is 29.3 Å². The molecular weight excluding hydrogens is 253 g/mol. The summed E-state index contributed by atoms with van der Waals surface area (Å²) in [5, 5.41) is 9.81. The standard InChI is InChI=1S/C11H11F3O2S/c12-11(13,14)16-8-2-1-7-6-17-4-3-10(15)9(7)5-8/h1-2,5,10,15H,3-4,6H2. The predicted molar refractivity (Wildman–Crippen MR) is 58.9 cm³/mol. The molecule has 2 nitrogen and oxygen atoms in total. The zero-order valence-electron chi connectivity index (χ0n) is 8.83. The number of aliphatic hydroxyl groups excluding tert-OH is 1. The van der Waals surface area contributed by atoms with Crippen LogP contribution in [0.5, 0.6) is 5.75 Å². The molecule has 1 heterocycles.